The number of rotatable bonds is 1. The fourth-order valence-corrected chi connectivity index (χ4v) is 3.51. The standard InChI is InChI=1S/C12H22N2O.ClH/c1-3-13-4-2-12(1)9-11(10-12)14-5-7-15-8-6-14;/h11,13H,1-10H2;1H. The normalized spacial score (nSPS) is 30.8. The van der Waals surface area contributed by atoms with Crippen LogP contribution in [-0.2, 0) is 4.74 Å². The van der Waals surface area contributed by atoms with E-state index in [-0.39, 0.29) is 12.4 Å². The summed E-state index contributed by atoms with van der Waals surface area (Å²) in [6, 6.07) is 0.881. The van der Waals surface area contributed by atoms with E-state index in [9.17, 15) is 0 Å². The lowest BCUT2D eigenvalue weighted by Crippen LogP contribution is -2.56. The highest BCUT2D eigenvalue weighted by Gasteiger charge is 2.46. The number of hydrogen-bond donors (Lipinski definition) is 1. The molecule has 0 atom stereocenters. The molecule has 2 heterocycles. The molecule has 0 radical (unpaired) electrons. The monoisotopic (exact) mass is 246 g/mol. The van der Waals surface area contributed by atoms with Gasteiger partial charge in [-0.2, -0.15) is 0 Å². The molecule has 0 amide bonds. The lowest BCUT2D eigenvalue weighted by Gasteiger charge is -2.54. The molecular weight excluding hydrogens is 224 g/mol. The molecule has 1 spiro atoms. The van der Waals surface area contributed by atoms with E-state index in [1.807, 2.05) is 0 Å². The van der Waals surface area contributed by atoms with Crippen LogP contribution in [0.1, 0.15) is 25.7 Å². The molecule has 1 N–H and O–H groups in total. The summed E-state index contributed by atoms with van der Waals surface area (Å²) in [6.45, 7) is 6.72. The fourth-order valence-electron chi connectivity index (χ4n) is 3.51. The van der Waals surface area contributed by atoms with Crippen molar-refractivity contribution in [1.29, 1.82) is 0 Å². The SMILES string of the molecule is C1CC2(CCN1)CC(N1CCOCC1)C2.Cl. The van der Waals surface area contributed by atoms with Crippen molar-refractivity contribution in [1.82, 2.24) is 10.2 Å². The number of hydrogen-bond acceptors (Lipinski definition) is 3. The third-order valence-electron chi connectivity index (χ3n) is 4.56. The Balaban J connectivity index is 0.000000963. The Morgan fingerprint density at radius 2 is 1.69 bits per heavy atom. The van der Waals surface area contributed by atoms with Crippen LogP contribution in [0.4, 0.5) is 0 Å². The van der Waals surface area contributed by atoms with Crippen LogP contribution in [-0.4, -0.2) is 50.3 Å². The number of morpholine rings is 1. The van der Waals surface area contributed by atoms with Crippen molar-refractivity contribution in [2.24, 2.45) is 5.41 Å². The molecule has 3 rings (SSSR count). The van der Waals surface area contributed by atoms with Gasteiger partial charge in [0, 0.05) is 19.1 Å². The first-order chi connectivity index (χ1) is 7.38. The van der Waals surface area contributed by atoms with E-state index in [1.165, 1.54) is 51.9 Å². The molecule has 2 aliphatic heterocycles. The van der Waals surface area contributed by atoms with Gasteiger partial charge in [0.2, 0.25) is 0 Å². The second-order valence-electron chi connectivity index (χ2n) is 5.46. The molecular formula is C12H23ClN2O. The minimum atomic E-state index is 0. The Kier molecular flexibility index (Phi) is 4.11. The van der Waals surface area contributed by atoms with E-state index in [4.69, 9.17) is 4.74 Å². The summed E-state index contributed by atoms with van der Waals surface area (Å²) in [6.07, 6.45) is 5.73. The van der Waals surface area contributed by atoms with Gasteiger partial charge in [0.05, 0.1) is 13.2 Å². The van der Waals surface area contributed by atoms with Crippen LogP contribution in [0.15, 0.2) is 0 Å². The van der Waals surface area contributed by atoms with Crippen molar-refractivity contribution in [3.05, 3.63) is 0 Å². The zero-order valence-corrected chi connectivity index (χ0v) is 10.7. The highest BCUT2D eigenvalue weighted by molar-refractivity contribution is 5.85. The van der Waals surface area contributed by atoms with E-state index in [2.05, 4.69) is 10.2 Å². The van der Waals surface area contributed by atoms with Crippen LogP contribution in [0.3, 0.4) is 0 Å². The fraction of sp³-hybridized carbons (Fsp3) is 1.00. The Bertz CT molecular complexity index is 217. The number of nitrogens with one attached hydrogen (secondary N) is 1. The molecule has 16 heavy (non-hydrogen) atoms. The summed E-state index contributed by atoms with van der Waals surface area (Å²) in [4.78, 5) is 2.65. The molecule has 0 aromatic heterocycles. The molecule has 0 aromatic rings. The highest BCUT2D eigenvalue weighted by atomic mass is 35.5. The molecule has 3 aliphatic rings. The van der Waals surface area contributed by atoms with Crippen molar-refractivity contribution in [3.63, 3.8) is 0 Å². The van der Waals surface area contributed by atoms with Crippen molar-refractivity contribution in [2.75, 3.05) is 39.4 Å². The summed E-state index contributed by atoms with van der Waals surface area (Å²) in [7, 11) is 0. The molecule has 0 aromatic carbocycles. The van der Waals surface area contributed by atoms with Crippen LogP contribution >= 0.6 is 12.4 Å². The minimum absolute atomic E-state index is 0. The van der Waals surface area contributed by atoms with Gasteiger partial charge in [-0.3, -0.25) is 4.90 Å². The Hall–Kier alpha value is 0.170. The Morgan fingerprint density at radius 1 is 1.06 bits per heavy atom. The molecule has 1 aliphatic carbocycles. The van der Waals surface area contributed by atoms with Gasteiger partial charge in [-0.05, 0) is 44.2 Å². The largest absolute Gasteiger partial charge is 0.379 e. The van der Waals surface area contributed by atoms with Gasteiger partial charge >= 0.3 is 0 Å². The summed E-state index contributed by atoms with van der Waals surface area (Å²) in [5, 5.41) is 3.47. The molecule has 0 bridgehead atoms. The summed E-state index contributed by atoms with van der Waals surface area (Å²) < 4.78 is 5.40. The third-order valence-corrected chi connectivity index (χ3v) is 4.56. The molecule has 4 heteroatoms. The highest BCUT2D eigenvalue weighted by Crippen LogP contribution is 2.49. The summed E-state index contributed by atoms with van der Waals surface area (Å²) >= 11 is 0. The van der Waals surface area contributed by atoms with E-state index in [0.717, 1.165) is 24.7 Å². The average molecular weight is 247 g/mol. The lowest BCUT2D eigenvalue weighted by atomic mass is 9.60. The second kappa shape index (κ2) is 5.21. The maximum atomic E-state index is 5.40. The molecule has 3 fully saturated rings. The van der Waals surface area contributed by atoms with Crippen molar-refractivity contribution < 1.29 is 4.74 Å². The predicted molar refractivity (Wildman–Crippen MR) is 67.2 cm³/mol. The number of halogens is 1. The molecule has 94 valence electrons. The van der Waals surface area contributed by atoms with E-state index in [1.54, 1.807) is 0 Å². The Labute approximate surface area is 104 Å². The van der Waals surface area contributed by atoms with E-state index in [0.29, 0.717) is 0 Å². The molecule has 0 unspecified atom stereocenters. The molecule has 2 saturated heterocycles. The molecule has 3 nitrogen and oxygen atoms in total. The second-order valence-corrected chi connectivity index (χ2v) is 5.46. The maximum absolute atomic E-state index is 5.40. The van der Waals surface area contributed by atoms with Crippen molar-refractivity contribution in [2.45, 2.75) is 31.7 Å². The van der Waals surface area contributed by atoms with Gasteiger partial charge in [-0.1, -0.05) is 0 Å². The zero-order valence-electron chi connectivity index (χ0n) is 9.91. The smallest absolute Gasteiger partial charge is 0.0594 e. The quantitative estimate of drug-likeness (QED) is 0.754. The number of ether oxygens (including phenoxy) is 1. The van der Waals surface area contributed by atoms with Gasteiger partial charge in [0.25, 0.3) is 0 Å². The van der Waals surface area contributed by atoms with Gasteiger partial charge in [0.1, 0.15) is 0 Å². The topological polar surface area (TPSA) is 24.5 Å². The van der Waals surface area contributed by atoms with Crippen LogP contribution < -0.4 is 5.32 Å². The maximum Gasteiger partial charge on any atom is 0.0594 e. The first-order valence-corrected chi connectivity index (χ1v) is 6.41. The van der Waals surface area contributed by atoms with Gasteiger partial charge in [-0.15, -0.1) is 12.4 Å². The van der Waals surface area contributed by atoms with Crippen LogP contribution in [0.5, 0.6) is 0 Å². The molecule has 1 saturated carbocycles. The number of nitrogens with zero attached hydrogens (tertiary/aromatic N) is 1. The van der Waals surface area contributed by atoms with Gasteiger partial charge in [-0.25, -0.2) is 0 Å². The zero-order chi connectivity index (χ0) is 10.1. The van der Waals surface area contributed by atoms with Crippen LogP contribution in [0, 0.1) is 5.41 Å². The predicted octanol–water partition coefficient (Wildman–Crippen LogP) is 1.27. The van der Waals surface area contributed by atoms with Gasteiger partial charge < -0.3 is 10.1 Å². The minimum Gasteiger partial charge on any atom is -0.379 e. The third kappa shape index (κ3) is 2.37. The first-order valence-electron chi connectivity index (χ1n) is 6.41. The summed E-state index contributed by atoms with van der Waals surface area (Å²) in [5.41, 5.74) is 0.730. The van der Waals surface area contributed by atoms with Crippen molar-refractivity contribution >= 4 is 12.4 Å². The Morgan fingerprint density at radius 3 is 2.31 bits per heavy atom. The van der Waals surface area contributed by atoms with E-state index >= 15 is 0 Å². The number of piperidine rings is 1. The van der Waals surface area contributed by atoms with E-state index < -0.39 is 0 Å². The van der Waals surface area contributed by atoms with Crippen molar-refractivity contribution in [3.8, 4) is 0 Å². The van der Waals surface area contributed by atoms with Gasteiger partial charge in [0.15, 0.2) is 0 Å². The van der Waals surface area contributed by atoms with Crippen LogP contribution in [0.2, 0.25) is 0 Å². The average Bonchev–Trinajstić information content (AvgIpc) is 2.28. The summed E-state index contributed by atoms with van der Waals surface area (Å²) in [5.74, 6) is 0. The van der Waals surface area contributed by atoms with Crippen LogP contribution in [0.25, 0.3) is 0 Å². The lowest BCUT2D eigenvalue weighted by molar-refractivity contribution is -0.0613. The first kappa shape index (κ1) is 12.6.